The zero-order valence-electron chi connectivity index (χ0n) is 23.5. The Labute approximate surface area is 271 Å². The van der Waals surface area contributed by atoms with Crippen LogP contribution in [0.5, 0.6) is 0 Å². The molecule has 0 saturated carbocycles. The molecule has 1 heterocycles. The minimum Gasteiger partial charge on any atom is -0.392 e. The van der Waals surface area contributed by atoms with E-state index in [2.05, 4.69) is 24.4 Å². The Hall–Kier alpha value is -2.55. The molecule has 1 saturated heterocycles. The zero-order chi connectivity index (χ0) is 30.4. The molecule has 4 aromatic carbocycles. The number of alkyl halides is 3. The predicted molar refractivity (Wildman–Crippen MR) is 174 cm³/mol. The lowest BCUT2D eigenvalue weighted by Gasteiger charge is -2.41. The first-order chi connectivity index (χ1) is 20.7. The summed E-state index contributed by atoms with van der Waals surface area (Å²) < 4.78 is 11.2. The second-order valence-corrected chi connectivity index (χ2v) is 13.8. The van der Waals surface area contributed by atoms with E-state index < -0.39 is 16.0 Å². The van der Waals surface area contributed by atoms with Crippen LogP contribution < -0.4 is 5.32 Å². The zero-order valence-corrected chi connectivity index (χ0v) is 26.5. The first kappa shape index (κ1) is 31.9. The molecule has 0 aromatic heterocycles. The number of amides is 1. The third kappa shape index (κ3) is 8.14. The lowest BCUT2D eigenvalue weighted by molar-refractivity contribution is -0.268. The van der Waals surface area contributed by atoms with E-state index in [4.69, 9.17) is 44.3 Å². The van der Waals surface area contributed by atoms with Crippen LogP contribution in [0.15, 0.2) is 108 Å². The van der Waals surface area contributed by atoms with E-state index in [-0.39, 0.29) is 31.3 Å². The molecule has 4 atom stereocenters. The molecule has 43 heavy (non-hydrogen) atoms. The van der Waals surface area contributed by atoms with Gasteiger partial charge in [-0.2, -0.15) is 0 Å². The molecule has 1 fully saturated rings. The second kappa shape index (κ2) is 14.5. The molecule has 5 rings (SSSR count). The molecular formula is C34H32Cl3NO4S. The maximum atomic E-state index is 12.1. The monoisotopic (exact) mass is 655 g/mol. The Morgan fingerprint density at radius 1 is 0.860 bits per heavy atom. The Bertz CT molecular complexity index is 1500. The molecule has 4 aromatic rings. The van der Waals surface area contributed by atoms with Gasteiger partial charge in [-0.05, 0) is 39.9 Å². The molecule has 9 heteroatoms. The van der Waals surface area contributed by atoms with E-state index in [1.165, 1.54) is 4.90 Å². The molecular weight excluding hydrogens is 625 g/mol. The van der Waals surface area contributed by atoms with Crippen molar-refractivity contribution < 1.29 is 19.4 Å². The number of thioether (sulfide) groups is 1. The predicted octanol–water partition coefficient (Wildman–Crippen LogP) is 8.42. The average Bonchev–Trinajstić information content (AvgIpc) is 3.03. The molecule has 0 unspecified atom stereocenters. The van der Waals surface area contributed by atoms with E-state index in [0.29, 0.717) is 0 Å². The maximum Gasteiger partial charge on any atom is 0.272 e. The number of halogens is 3. The van der Waals surface area contributed by atoms with Crippen LogP contribution >= 0.6 is 46.6 Å². The number of carbonyl (C=O) groups is 1. The number of aliphatic hydroxyl groups excluding tert-OH is 1. The van der Waals surface area contributed by atoms with Gasteiger partial charge in [0.1, 0.15) is 0 Å². The van der Waals surface area contributed by atoms with E-state index in [1.54, 1.807) is 11.8 Å². The number of hydrogen-bond donors (Lipinski definition) is 2. The maximum absolute atomic E-state index is 12.1. The summed E-state index contributed by atoms with van der Waals surface area (Å²) in [4.78, 5) is 13.3. The van der Waals surface area contributed by atoms with Gasteiger partial charge in [-0.3, -0.25) is 4.79 Å². The summed E-state index contributed by atoms with van der Waals surface area (Å²) in [7, 11) is 0. The van der Waals surface area contributed by atoms with Gasteiger partial charge in [-0.1, -0.05) is 133 Å². The number of benzene rings is 4. The fourth-order valence-electron chi connectivity index (χ4n) is 5.06. The van der Waals surface area contributed by atoms with Crippen LogP contribution in [0.3, 0.4) is 0 Å². The highest BCUT2D eigenvalue weighted by molar-refractivity contribution is 7.99. The summed E-state index contributed by atoms with van der Waals surface area (Å²) >= 11 is 18.9. The van der Waals surface area contributed by atoms with E-state index in [1.807, 2.05) is 91.0 Å². The first-order valence-electron chi connectivity index (χ1n) is 13.9. The number of aliphatic hydroxyl groups is 1. The van der Waals surface area contributed by atoms with Gasteiger partial charge in [0, 0.05) is 28.7 Å². The number of hydrogen-bond acceptors (Lipinski definition) is 5. The Morgan fingerprint density at radius 2 is 1.51 bits per heavy atom. The SMILES string of the molecule is C[C@H]1[C@@H](CSc2ccccc2)O[C@@H](c2ccc(-c3ccccc3CNC(=O)C(Cl)(Cl)Cl)cc2)O[C@H]1c1ccc(CO)cc1. The third-order valence-corrected chi connectivity index (χ3v) is 9.10. The van der Waals surface area contributed by atoms with Crippen molar-refractivity contribution in [3.05, 3.63) is 125 Å². The third-order valence-electron chi connectivity index (χ3n) is 7.49. The van der Waals surface area contributed by atoms with Crippen LogP contribution in [-0.4, -0.2) is 26.7 Å². The number of nitrogens with one attached hydrogen (secondary N) is 1. The van der Waals surface area contributed by atoms with E-state index >= 15 is 0 Å². The molecule has 224 valence electrons. The largest absolute Gasteiger partial charge is 0.392 e. The summed E-state index contributed by atoms with van der Waals surface area (Å²) in [6.45, 7) is 2.38. The molecule has 5 nitrogen and oxygen atoms in total. The molecule has 0 bridgehead atoms. The van der Waals surface area contributed by atoms with Gasteiger partial charge >= 0.3 is 0 Å². The topological polar surface area (TPSA) is 67.8 Å². The van der Waals surface area contributed by atoms with E-state index in [9.17, 15) is 9.90 Å². The van der Waals surface area contributed by atoms with Gasteiger partial charge < -0.3 is 19.9 Å². The van der Waals surface area contributed by atoms with Gasteiger partial charge in [0.2, 0.25) is 0 Å². The molecule has 1 aliphatic rings. The van der Waals surface area contributed by atoms with Crippen molar-refractivity contribution in [2.75, 3.05) is 5.75 Å². The van der Waals surface area contributed by atoms with Gasteiger partial charge in [0.25, 0.3) is 9.70 Å². The highest BCUT2D eigenvalue weighted by atomic mass is 35.6. The fraction of sp³-hybridized carbons (Fsp3) is 0.265. The van der Waals surface area contributed by atoms with Crippen LogP contribution in [0.2, 0.25) is 0 Å². The highest BCUT2D eigenvalue weighted by Gasteiger charge is 2.38. The van der Waals surface area contributed by atoms with Gasteiger partial charge in [0.15, 0.2) is 6.29 Å². The van der Waals surface area contributed by atoms with Crippen LogP contribution in [0, 0.1) is 5.92 Å². The standard InChI is InChI=1S/C34H32Cl3NO4S/c1-22-30(21-43-28-8-3-2-4-9-28)41-32(42-31(22)25-13-11-23(20-39)12-14-25)26-17-15-24(16-18-26)29-10-6-5-7-27(29)19-38-33(40)34(35,36)37/h2-18,22,30-32,39H,19-21H2,1H3,(H,38,40)/t22-,30+,31+,32+/m0/s1. The number of rotatable bonds is 9. The smallest absolute Gasteiger partial charge is 0.272 e. The van der Waals surface area contributed by atoms with Crippen molar-refractivity contribution in [3.63, 3.8) is 0 Å². The lowest BCUT2D eigenvalue weighted by Crippen LogP contribution is -2.38. The summed E-state index contributed by atoms with van der Waals surface area (Å²) in [6, 6.07) is 34.1. The number of ether oxygens (including phenoxy) is 2. The average molecular weight is 657 g/mol. The summed E-state index contributed by atoms with van der Waals surface area (Å²) in [5.41, 5.74) is 5.63. The fourth-order valence-corrected chi connectivity index (χ4v) is 6.35. The van der Waals surface area contributed by atoms with Crippen molar-refractivity contribution in [1.29, 1.82) is 0 Å². The van der Waals surface area contributed by atoms with Crippen molar-refractivity contribution in [2.45, 2.75) is 47.3 Å². The Kier molecular flexibility index (Phi) is 10.7. The minimum atomic E-state index is -2.02. The van der Waals surface area contributed by atoms with Crippen molar-refractivity contribution in [3.8, 4) is 11.1 Å². The molecule has 2 N–H and O–H groups in total. The first-order valence-corrected chi connectivity index (χ1v) is 16.1. The summed E-state index contributed by atoms with van der Waals surface area (Å²) in [6.07, 6.45) is -0.809. The van der Waals surface area contributed by atoms with Crippen LogP contribution in [0.25, 0.3) is 11.1 Å². The van der Waals surface area contributed by atoms with Gasteiger partial charge in [-0.25, -0.2) is 0 Å². The van der Waals surface area contributed by atoms with Crippen molar-refractivity contribution in [1.82, 2.24) is 5.32 Å². The molecule has 0 aliphatic carbocycles. The van der Waals surface area contributed by atoms with Crippen LogP contribution in [0.4, 0.5) is 0 Å². The van der Waals surface area contributed by atoms with Crippen molar-refractivity contribution in [2.24, 2.45) is 5.92 Å². The minimum absolute atomic E-state index is 0.00180. The Morgan fingerprint density at radius 3 is 2.19 bits per heavy atom. The van der Waals surface area contributed by atoms with Crippen molar-refractivity contribution >= 4 is 52.5 Å². The lowest BCUT2D eigenvalue weighted by atomic mass is 9.91. The van der Waals surface area contributed by atoms with E-state index in [0.717, 1.165) is 39.1 Å². The number of carbonyl (C=O) groups excluding carboxylic acids is 1. The summed E-state index contributed by atoms with van der Waals surface area (Å²) in [5, 5.41) is 12.2. The van der Waals surface area contributed by atoms with Crippen LogP contribution in [0.1, 0.15) is 41.6 Å². The Balaban J connectivity index is 1.37. The molecule has 0 spiro atoms. The summed E-state index contributed by atoms with van der Waals surface area (Å²) in [5.74, 6) is 0.201. The molecule has 1 aliphatic heterocycles. The normalized spacial score (nSPS) is 20.5. The van der Waals surface area contributed by atoms with Gasteiger partial charge in [0.05, 0.1) is 18.8 Å². The van der Waals surface area contributed by atoms with Crippen LogP contribution in [-0.2, 0) is 27.4 Å². The van der Waals surface area contributed by atoms with Gasteiger partial charge in [-0.15, -0.1) is 11.8 Å². The molecule has 0 radical (unpaired) electrons. The quantitative estimate of drug-likeness (QED) is 0.140. The highest BCUT2D eigenvalue weighted by Crippen LogP contribution is 2.43. The molecule has 1 amide bonds. The second-order valence-electron chi connectivity index (χ2n) is 10.4.